The Hall–Kier alpha value is -2.08. The third-order valence-electron chi connectivity index (χ3n) is 5.68. The van der Waals surface area contributed by atoms with Gasteiger partial charge >= 0.3 is 0 Å². The van der Waals surface area contributed by atoms with E-state index in [9.17, 15) is 5.11 Å². The molecule has 0 unspecified atom stereocenters. The molecule has 2 aliphatic heterocycles. The van der Waals surface area contributed by atoms with Crippen LogP contribution in [-0.4, -0.2) is 37.6 Å². The number of benzene rings is 2. The first-order valence-electron chi connectivity index (χ1n) is 9.78. The van der Waals surface area contributed by atoms with Crippen LogP contribution >= 0.6 is 0 Å². The summed E-state index contributed by atoms with van der Waals surface area (Å²) in [6.45, 7) is 4.17. The highest BCUT2D eigenvalue weighted by Gasteiger charge is 2.40. The van der Waals surface area contributed by atoms with Crippen molar-refractivity contribution in [3.63, 3.8) is 0 Å². The van der Waals surface area contributed by atoms with Crippen LogP contribution in [0.2, 0.25) is 0 Å². The summed E-state index contributed by atoms with van der Waals surface area (Å²) in [5.41, 5.74) is 2.26. The van der Waals surface area contributed by atoms with Crippen molar-refractivity contribution in [3.8, 4) is 11.5 Å². The molecule has 0 spiro atoms. The van der Waals surface area contributed by atoms with E-state index in [1.807, 2.05) is 36.4 Å². The van der Waals surface area contributed by atoms with Gasteiger partial charge in [0.2, 0.25) is 0 Å². The van der Waals surface area contributed by atoms with E-state index >= 15 is 0 Å². The van der Waals surface area contributed by atoms with Crippen LogP contribution < -0.4 is 14.8 Å². The van der Waals surface area contributed by atoms with E-state index in [-0.39, 0.29) is 24.1 Å². The first-order chi connectivity index (χ1) is 13.2. The van der Waals surface area contributed by atoms with Crippen LogP contribution in [0.15, 0.2) is 48.5 Å². The second-order valence-corrected chi connectivity index (χ2v) is 7.37. The van der Waals surface area contributed by atoms with Gasteiger partial charge in [-0.2, -0.15) is 0 Å². The zero-order valence-electron chi connectivity index (χ0n) is 15.7. The Morgan fingerprint density at radius 2 is 1.44 bits per heavy atom. The Labute approximate surface area is 160 Å². The Kier molecular flexibility index (Phi) is 5.62. The minimum atomic E-state index is -0.373. The van der Waals surface area contributed by atoms with E-state index in [1.165, 1.54) is 0 Å². The zero-order valence-corrected chi connectivity index (χ0v) is 15.7. The molecule has 0 aromatic heterocycles. The maximum atomic E-state index is 10.8. The Bertz CT molecular complexity index is 765. The second-order valence-electron chi connectivity index (χ2n) is 7.37. The fraction of sp³-hybridized carbons (Fsp3) is 0.455. The van der Waals surface area contributed by atoms with Gasteiger partial charge in [0.1, 0.15) is 36.8 Å². The molecule has 3 N–H and O–H groups in total. The minimum Gasteiger partial charge on any atom is -0.491 e. The van der Waals surface area contributed by atoms with Crippen molar-refractivity contribution < 1.29 is 24.6 Å². The summed E-state index contributed by atoms with van der Waals surface area (Å²) in [5.74, 6) is 1.89. The molecule has 2 aromatic carbocycles. The van der Waals surface area contributed by atoms with E-state index < -0.39 is 0 Å². The van der Waals surface area contributed by atoms with Crippen LogP contribution in [0, 0.1) is 5.92 Å². The van der Waals surface area contributed by atoms with Crippen molar-refractivity contribution in [1.82, 2.24) is 0 Å². The molecule has 5 heteroatoms. The molecule has 1 fully saturated rings. The van der Waals surface area contributed by atoms with Gasteiger partial charge in [0.05, 0.1) is 30.4 Å². The maximum absolute atomic E-state index is 10.8. The molecular weight excluding hydrogens is 342 g/mol. The molecule has 0 radical (unpaired) electrons. The van der Waals surface area contributed by atoms with Crippen LogP contribution in [0.3, 0.4) is 0 Å². The number of ether oxygens (including phenoxy) is 3. The lowest BCUT2D eigenvalue weighted by Gasteiger charge is -2.37. The summed E-state index contributed by atoms with van der Waals surface area (Å²) in [6.07, 6.45) is 0.333. The summed E-state index contributed by atoms with van der Waals surface area (Å²) < 4.78 is 17.6. The molecule has 5 nitrogen and oxygen atoms in total. The lowest BCUT2D eigenvalue weighted by molar-refractivity contribution is -0.753. The highest BCUT2D eigenvalue weighted by Crippen LogP contribution is 2.37. The molecule has 1 saturated heterocycles. The second kappa shape index (κ2) is 8.30. The third kappa shape index (κ3) is 3.95. The van der Waals surface area contributed by atoms with Gasteiger partial charge in [0, 0.05) is 12.3 Å². The average Bonchev–Trinajstić information content (AvgIpc) is 2.69. The number of hydrogen-bond donors (Lipinski definition) is 2. The Balaban J connectivity index is 1.73. The van der Waals surface area contributed by atoms with Crippen LogP contribution in [-0.2, 0) is 4.74 Å². The van der Waals surface area contributed by atoms with Gasteiger partial charge < -0.3 is 24.6 Å². The smallest absolute Gasteiger partial charge is 0.128 e. The molecule has 2 bridgehead atoms. The number of hydrogen-bond acceptors (Lipinski definition) is 4. The number of fused-ring (bicyclic) bond motifs is 6. The van der Waals surface area contributed by atoms with Crippen LogP contribution in [0.5, 0.6) is 11.5 Å². The number of quaternary nitrogens is 1. The van der Waals surface area contributed by atoms with Crippen LogP contribution in [0.1, 0.15) is 36.6 Å². The molecule has 0 saturated carbocycles. The zero-order chi connectivity index (χ0) is 18.6. The van der Waals surface area contributed by atoms with Crippen molar-refractivity contribution in [2.75, 3.05) is 26.4 Å². The molecule has 0 amide bonds. The SMILES string of the molecule is C[C@H]1[C@@H](O)C[C@H]2[NH2+][C@H]1c1ccccc1OCCOCCOc1ccccc12. The number of nitrogens with two attached hydrogens (primary N) is 1. The summed E-state index contributed by atoms with van der Waals surface area (Å²) in [7, 11) is 0. The third-order valence-corrected chi connectivity index (χ3v) is 5.68. The van der Waals surface area contributed by atoms with Crippen molar-refractivity contribution >= 4 is 0 Å². The van der Waals surface area contributed by atoms with E-state index in [0.29, 0.717) is 32.8 Å². The average molecular weight is 370 g/mol. The van der Waals surface area contributed by atoms with Gasteiger partial charge in [-0.15, -0.1) is 0 Å². The van der Waals surface area contributed by atoms with Crippen molar-refractivity contribution in [2.24, 2.45) is 5.92 Å². The normalized spacial score (nSPS) is 28.7. The number of aliphatic hydroxyl groups excluding tert-OH is 1. The quantitative estimate of drug-likeness (QED) is 0.746. The molecule has 2 aliphatic rings. The van der Waals surface area contributed by atoms with E-state index in [2.05, 4.69) is 24.4 Å². The van der Waals surface area contributed by atoms with Gasteiger partial charge in [-0.05, 0) is 24.3 Å². The predicted octanol–water partition coefficient (Wildman–Crippen LogP) is 2.22. The predicted molar refractivity (Wildman–Crippen MR) is 102 cm³/mol. The molecular formula is C22H28NO4+. The summed E-state index contributed by atoms with van der Waals surface area (Å²) in [4.78, 5) is 0. The van der Waals surface area contributed by atoms with Crippen molar-refractivity contribution in [3.05, 3.63) is 59.7 Å². The molecule has 2 aromatic rings. The van der Waals surface area contributed by atoms with E-state index in [0.717, 1.165) is 22.6 Å². The largest absolute Gasteiger partial charge is 0.491 e. The van der Waals surface area contributed by atoms with Gasteiger partial charge in [-0.1, -0.05) is 31.2 Å². The number of para-hydroxylation sites is 2. The fourth-order valence-corrected chi connectivity index (χ4v) is 4.16. The molecule has 4 atom stereocenters. The highest BCUT2D eigenvalue weighted by atomic mass is 16.5. The van der Waals surface area contributed by atoms with Gasteiger partial charge in [0.15, 0.2) is 0 Å². The number of piperidine rings is 1. The van der Waals surface area contributed by atoms with E-state index in [1.54, 1.807) is 0 Å². The standard InChI is InChI=1S/C22H27NO4/c1-15-19(24)14-18-16-6-2-4-8-20(16)26-12-10-25-11-13-27-21-9-5-3-7-17(21)22(15)23-18/h2-9,15,18-19,22-24H,10-14H2,1H3/p+1/t15-,18+,19-,22+/m0/s1. The minimum absolute atomic E-state index is 0.117. The van der Waals surface area contributed by atoms with Gasteiger partial charge in [-0.25, -0.2) is 0 Å². The summed E-state index contributed by atoms with van der Waals surface area (Å²) >= 11 is 0. The first kappa shape index (κ1) is 18.3. The molecule has 4 rings (SSSR count). The monoisotopic (exact) mass is 370 g/mol. The number of rotatable bonds is 0. The van der Waals surface area contributed by atoms with Crippen LogP contribution in [0.4, 0.5) is 0 Å². The maximum Gasteiger partial charge on any atom is 0.128 e. The van der Waals surface area contributed by atoms with Crippen LogP contribution in [0.25, 0.3) is 0 Å². The molecule has 27 heavy (non-hydrogen) atoms. The molecule has 144 valence electrons. The molecule has 2 heterocycles. The van der Waals surface area contributed by atoms with E-state index in [4.69, 9.17) is 14.2 Å². The van der Waals surface area contributed by atoms with Crippen molar-refractivity contribution in [1.29, 1.82) is 0 Å². The Morgan fingerprint density at radius 1 is 0.852 bits per heavy atom. The highest BCUT2D eigenvalue weighted by molar-refractivity contribution is 5.37. The van der Waals surface area contributed by atoms with Gasteiger partial charge in [0.25, 0.3) is 0 Å². The summed E-state index contributed by atoms with van der Waals surface area (Å²) in [6, 6.07) is 16.5. The summed E-state index contributed by atoms with van der Waals surface area (Å²) in [5, 5.41) is 13.2. The van der Waals surface area contributed by atoms with Crippen molar-refractivity contribution in [2.45, 2.75) is 31.5 Å². The first-order valence-corrected chi connectivity index (χ1v) is 9.78. The Morgan fingerprint density at radius 3 is 2.15 bits per heavy atom. The number of aliphatic hydroxyl groups is 1. The topological polar surface area (TPSA) is 64.5 Å². The lowest BCUT2D eigenvalue weighted by atomic mass is 9.80. The van der Waals surface area contributed by atoms with Gasteiger partial charge in [-0.3, -0.25) is 0 Å². The fourth-order valence-electron chi connectivity index (χ4n) is 4.16. The lowest BCUT2D eigenvalue weighted by Crippen LogP contribution is -2.90. The molecule has 0 aliphatic carbocycles.